The van der Waals surface area contributed by atoms with Gasteiger partial charge in [0.05, 0.1) is 11.4 Å². The Labute approximate surface area is 129 Å². The van der Waals surface area contributed by atoms with E-state index in [1.165, 1.54) is 31.9 Å². The lowest BCUT2D eigenvalue weighted by Crippen LogP contribution is -2.21. The topological polar surface area (TPSA) is 3.24 Å². The van der Waals surface area contributed by atoms with Gasteiger partial charge < -0.3 is 4.90 Å². The first-order valence-corrected chi connectivity index (χ1v) is 8.26. The Balaban J connectivity index is 1.98. The Kier molecular flexibility index (Phi) is 3.12. The number of rotatable bonds is 2. The molecule has 0 saturated heterocycles. The number of hydrogen-bond donors (Lipinski definition) is 0. The maximum absolute atomic E-state index is 2.47. The van der Waals surface area contributed by atoms with Crippen LogP contribution < -0.4 is 4.90 Å². The molecule has 0 atom stereocenters. The van der Waals surface area contributed by atoms with Gasteiger partial charge in [-0.2, -0.15) is 0 Å². The van der Waals surface area contributed by atoms with Gasteiger partial charge in [-0.05, 0) is 35.4 Å². The molecule has 0 radical (unpaired) electrons. The summed E-state index contributed by atoms with van der Waals surface area (Å²) in [5.41, 5.74) is 2.69. The fourth-order valence-corrected chi connectivity index (χ4v) is 4.25. The summed E-state index contributed by atoms with van der Waals surface area (Å²) in [5.74, 6) is 0. The van der Waals surface area contributed by atoms with Crippen LogP contribution in [-0.4, -0.2) is 6.54 Å². The number of para-hydroxylation sites is 1. The van der Waals surface area contributed by atoms with Gasteiger partial charge in [0.15, 0.2) is 0 Å². The third kappa shape index (κ3) is 2.02. The normalized spacial score (nSPS) is 13.1. The van der Waals surface area contributed by atoms with Crippen LogP contribution in [0.1, 0.15) is 13.3 Å². The maximum atomic E-state index is 2.47. The van der Waals surface area contributed by atoms with Crippen LogP contribution in [-0.2, 0) is 0 Å². The van der Waals surface area contributed by atoms with Crippen LogP contribution in [0.4, 0.5) is 11.4 Å². The van der Waals surface area contributed by atoms with Gasteiger partial charge in [-0.3, -0.25) is 0 Å². The molecule has 1 heterocycles. The molecule has 0 spiro atoms. The van der Waals surface area contributed by atoms with Gasteiger partial charge in [-0.25, -0.2) is 0 Å². The van der Waals surface area contributed by atoms with Crippen molar-refractivity contribution in [2.45, 2.75) is 23.1 Å². The largest absolute Gasteiger partial charge is 0.340 e. The van der Waals surface area contributed by atoms with Crippen LogP contribution in [0, 0.1) is 0 Å². The van der Waals surface area contributed by atoms with Gasteiger partial charge in [0, 0.05) is 16.3 Å². The van der Waals surface area contributed by atoms with Gasteiger partial charge >= 0.3 is 0 Å². The van der Waals surface area contributed by atoms with Crippen molar-refractivity contribution in [3.05, 3.63) is 60.7 Å². The maximum Gasteiger partial charge on any atom is 0.0559 e. The van der Waals surface area contributed by atoms with E-state index in [-0.39, 0.29) is 0 Å². The summed E-state index contributed by atoms with van der Waals surface area (Å²) in [7, 11) is 0. The van der Waals surface area contributed by atoms with Crippen molar-refractivity contribution in [1.82, 2.24) is 0 Å². The molecular formula is C19H17NS. The van der Waals surface area contributed by atoms with Crippen LogP contribution in [0.15, 0.2) is 70.5 Å². The predicted molar refractivity (Wildman–Crippen MR) is 91.8 cm³/mol. The molecular weight excluding hydrogens is 274 g/mol. The lowest BCUT2D eigenvalue weighted by Gasteiger charge is -2.33. The van der Waals surface area contributed by atoms with Crippen LogP contribution in [0.25, 0.3) is 10.8 Å². The molecule has 1 aliphatic rings. The zero-order valence-corrected chi connectivity index (χ0v) is 12.9. The molecule has 0 saturated carbocycles. The zero-order chi connectivity index (χ0) is 14.2. The third-order valence-corrected chi connectivity index (χ3v) is 5.16. The predicted octanol–water partition coefficient (Wildman–Crippen LogP) is 5.85. The lowest BCUT2D eigenvalue weighted by molar-refractivity contribution is 0.868. The van der Waals surface area contributed by atoms with Crippen molar-refractivity contribution in [3.8, 4) is 0 Å². The fraction of sp³-hybridized carbons (Fsp3) is 0.158. The van der Waals surface area contributed by atoms with Crippen molar-refractivity contribution < 1.29 is 0 Å². The molecule has 0 bridgehead atoms. The zero-order valence-electron chi connectivity index (χ0n) is 12.0. The first-order chi connectivity index (χ1) is 10.4. The van der Waals surface area contributed by atoms with Crippen molar-refractivity contribution in [3.63, 3.8) is 0 Å². The molecule has 0 aromatic heterocycles. The van der Waals surface area contributed by atoms with Crippen LogP contribution >= 0.6 is 11.8 Å². The number of anilines is 2. The molecule has 21 heavy (non-hydrogen) atoms. The van der Waals surface area contributed by atoms with E-state index in [0.717, 1.165) is 13.0 Å². The summed E-state index contributed by atoms with van der Waals surface area (Å²) < 4.78 is 0. The highest BCUT2D eigenvalue weighted by Crippen LogP contribution is 2.50. The van der Waals surface area contributed by atoms with E-state index in [2.05, 4.69) is 72.5 Å². The van der Waals surface area contributed by atoms with Crippen molar-refractivity contribution in [2.75, 3.05) is 11.4 Å². The minimum Gasteiger partial charge on any atom is -0.340 e. The standard InChI is InChI=1S/C19H17NS/c1-2-13-20-16-9-5-6-10-18(16)21-19-15-8-4-3-7-14(15)11-12-17(19)20/h3-12H,2,13H2,1H3. The molecule has 2 heteroatoms. The summed E-state index contributed by atoms with van der Waals surface area (Å²) in [5, 5.41) is 2.68. The molecule has 0 unspecified atom stereocenters. The highest BCUT2D eigenvalue weighted by molar-refractivity contribution is 8.00. The van der Waals surface area contributed by atoms with Crippen LogP contribution in [0.5, 0.6) is 0 Å². The minimum absolute atomic E-state index is 1.06. The average molecular weight is 291 g/mol. The summed E-state index contributed by atoms with van der Waals surface area (Å²) in [6.07, 6.45) is 1.14. The van der Waals surface area contributed by atoms with E-state index in [1.54, 1.807) is 0 Å². The number of benzene rings is 3. The van der Waals surface area contributed by atoms with Gasteiger partial charge in [-0.1, -0.05) is 61.2 Å². The monoisotopic (exact) mass is 291 g/mol. The van der Waals surface area contributed by atoms with Gasteiger partial charge in [0.25, 0.3) is 0 Å². The first-order valence-electron chi connectivity index (χ1n) is 7.44. The van der Waals surface area contributed by atoms with E-state index >= 15 is 0 Å². The second kappa shape index (κ2) is 5.12. The molecule has 0 amide bonds. The van der Waals surface area contributed by atoms with E-state index in [9.17, 15) is 0 Å². The van der Waals surface area contributed by atoms with E-state index in [1.807, 2.05) is 11.8 Å². The SMILES string of the molecule is CCCN1c2ccccc2Sc2c1ccc1ccccc21. The van der Waals surface area contributed by atoms with Gasteiger partial charge in [0.2, 0.25) is 0 Å². The first kappa shape index (κ1) is 12.8. The molecule has 0 fully saturated rings. The van der Waals surface area contributed by atoms with Crippen molar-refractivity contribution in [1.29, 1.82) is 0 Å². The Morgan fingerprint density at radius 2 is 1.67 bits per heavy atom. The molecule has 0 N–H and O–H groups in total. The summed E-state index contributed by atoms with van der Waals surface area (Å²) in [4.78, 5) is 5.21. The van der Waals surface area contributed by atoms with Crippen LogP contribution in [0.2, 0.25) is 0 Å². The van der Waals surface area contributed by atoms with Crippen LogP contribution in [0.3, 0.4) is 0 Å². The smallest absolute Gasteiger partial charge is 0.0559 e. The molecule has 0 aliphatic carbocycles. The second-order valence-corrected chi connectivity index (χ2v) is 6.41. The minimum atomic E-state index is 1.06. The summed E-state index contributed by atoms with van der Waals surface area (Å²) in [6.45, 7) is 3.30. The Morgan fingerprint density at radius 3 is 2.57 bits per heavy atom. The number of nitrogens with zero attached hydrogens (tertiary/aromatic N) is 1. The van der Waals surface area contributed by atoms with Gasteiger partial charge in [0.1, 0.15) is 0 Å². The molecule has 4 rings (SSSR count). The number of fused-ring (bicyclic) bond motifs is 4. The summed E-state index contributed by atoms with van der Waals surface area (Å²) >= 11 is 1.90. The Hall–Kier alpha value is -1.93. The molecule has 3 aromatic carbocycles. The number of hydrogen-bond acceptors (Lipinski definition) is 2. The Bertz CT molecular complexity index is 810. The van der Waals surface area contributed by atoms with E-state index < -0.39 is 0 Å². The molecule has 1 aliphatic heterocycles. The second-order valence-electron chi connectivity index (χ2n) is 5.36. The van der Waals surface area contributed by atoms with E-state index in [0.29, 0.717) is 0 Å². The molecule has 1 nitrogen and oxygen atoms in total. The Morgan fingerprint density at radius 1 is 0.857 bits per heavy atom. The lowest BCUT2D eigenvalue weighted by atomic mass is 10.1. The summed E-state index contributed by atoms with van der Waals surface area (Å²) in [6, 6.07) is 21.9. The third-order valence-electron chi connectivity index (χ3n) is 3.96. The van der Waals surface area contributed by atoms with Gasteiger partial charge in [-0.15, -0.1) is 0 Å². The quantitative estimate of drug-likeness (QED) is 0.582. The van der Waals surface area contributed by atoms with Crippen molar-refractivity contribution >= 4 is 33.9 Å². The average Bonchev–Trinajstić information content (AvgIpc) is 2.55. The molecule has 104 valence electrons. The van der Waals surface area contributed by atoms with Crippen molar-refractivity contribution in [2.24, 2.45) is 0 Å². The van der Waals surface area contributed by atoms with E-state index in [4.69, 9.17) is 0 Å². The fourth-order valence-electron chi connectivity index (χ4n) is 3.02. The molecule has 3 aromatic rings. The highest BCUT2D eigenvalue weighted by atomic mass is 32.2. The highest BCUT2D eigenvalue weighted by Gasteiger charge is 2.23.